The monoisotopic (exact) mass is 230 g/mol. The van der Waals surface area contributed by atoms with Gasteiger partial charge in [0.2, 0.25) is 5.91 Å². The maximum atomic E-state index is 11.7. The van der Waals surface area contributed by atoms with Crippen molar-refractivity contribution in [2.45, 2.75) is 32.2 Å². The van der Waals surface area contributed by atoms with Crippen molar-refractivity contribution in [2.75, 3.05) is 13.2 Å². The quantitative estimate of drug-likeness (QED) is 0.697. The topological polar surface area (TPSA) is 64.3 Å². The van der Waals surface area contributed by atoms with E-state index in [1.165, 1.54) is 0 Å². The average molecular weight is 230 g/mol. The van der Waals surface area contributed by atoms with Crippen LogP contribution in [0.2, 0.25) is 0 Å². The number of hydrogen-bond acceptors (Lipinski definition) is 3. The molecule has 0 aromatic rings. The smallest absolute Gasteiger partial charge is 0.230 e. The van der Waals surface area contributed by atoms with E-state index in [9.17, 15) is 4.79 Å². The first-order valence-electron chi connectivity index (χ1n) is 5.14. The predicted molar refractivity (Wildman–Crippen MR) is 62.6 cm³/mol. The highest BCUT2D eigenvalue weighted by molar-refractivity contribution is 7.80. The highest BCUT2D eigenvalue weighted by Crippen LogP contribution is 2.18. The Kier molecular flexibility index (Phi) is 4.04. The summed E-state index contributed by atoms with van der Waals surface area (Å²) in [6, 6.07) is 0. The number of hydrogen-bond donors (Lipinski definition) is 2. The normalized spacial score (nSPS) is 28.1. The van der Waals surface area contributed by atoms with Crippen molar-refractivity contribution >= 4 is 23.1 Å². The van der Waals surface area contributed by atoms with Crippen LogP contribution in [0.5, 0.6) is 0 Å². The molecule has 1 saturated heterocycles. The van der Waals surface area contributed by atoms with Gasteiger partial charge >= 0.3 is 0 Å². The van der Waals surface area contributed by atoms with E-state index in [4.69, 9.17) is 22.7 Å². The van der Waals surface area contributed by atoms with Crippen LogP contribution in [0.25, 0.3) is 0 Å². The van der Waals surface area contributed by atoms with Gasteiger partial charge in [0.15, 0.2) is 0 Å². The summed E-state index contributed by atoms with van der Waals surface area (Å²) in [5.74, 6) is -0.533. The maximum absolute atomic E-state index is 11.7. The lowest BCUT2D eigenvalue weighted by Gasteiger charge is -2.35. The summed E-state index contributed by atoms with van der Waals surface area (Å²) in [5, 5.41) is 2.94. The van der Waals surface area contributed by atoms with E-state index in [0.29, 0.717) is 6.61 Å². The van der Waals surface area contributed by atoms with E-state index in [0.717, 1.165) is 19.4 Å². The van der Waals surface area contributed by atoms with Crippen molar-refractivity contribution in [3.05, 3.63) is 0 Å². The minimum absolute atomic E-state index is 0.115. The fourth-order valence-corrected chi connectivity index (χ4v) is 1.67. The average Bonchev–Trinajstić information content (AvgIpc) is 2.16. The molecule has 0 saturated carbocycles. The molecule has 2 atom stereocenters. The van der Waals surface area contributed by atoms with Crippen LogP contribution >= 0.6 is 12.2 Å². The fourth-order valence-electron chi connectivity index (χ4n) is 1.57. The number of amides is 1. The zero-order valence-electron chi connectivity index (χ0n) is 9.21. The van der Waals surface area contributed by atoms with Crippen LogP contribution in [-0.2, 0) is 9.53 Å². The largest absolute Gasteiger partial charge is 0.393 e. The van der Waals surface area contributed by atoms with Gasteiger partial charge in [0.25, 0.3) is 0 Å². The van der Waals surface area contributed by atoms with Gasteiger partial charge in [-0.15, -0.1) is 0 Å². The van der Waals surface area contributed by atoms with Crippen LogP contribution in [0, 0.1) is 5.92 Å². The highest BCUT2D eigenvalue weighted by atomic mass is 32.1. The van der Waals surface area contributed by atoms with Crippen LogP contribution < -0.4 is 11.1 Å². The van der Waals surface area contributed by atoms with Gasteiger partial charge in [0.05, 0.1) is 23.1 Å². The molecular formula is C10H18N2O2S. The molecule has 0 aromatic heterocycles. The molecule has 0 radical (unpaired) electrons. The van der Waals surface area contributed by atoms with Crippen molar-refractivity contribution in [1.29, 1.82) is 0 Å². The lowest BCUT2D eigenvalue weighted by Crippen LogP contribution is -2.54. The van der Waals surface area contributed by atoms with Crippen molar-refractivity contribution in [1.82, 2.24) is 5.32 Å². The van der Waals surface area contributed by atoms with Crippen molar-refractivity contribution < 1.29 is 9.53 Å². The summed E-state index contributed by atoms with van der Waals surface area (Å²) in [4.78, 5) is 12.0. The third-order valence-electron chi connectivity index (χ3n) is 2.68. The van der Waals surface area contributed by atoms with E-state index in [2.05, 4.69) is 5.32 Å². The third kappa shape index (κ3) is 3.43. The van der Waals surface area contributed by atoms with Gasteiger partial charge in [-0.1, -0.05) is 12.2 Å². The van der Waals surface area contributed by atoms with Gasteiger partial charge < -0.3 is 15.8 Å². The van der Waals surface area contributed by atoms with Crippen molar-refractivity contribution in [3.63, 3.8) is 0 Å². The second kappa shape index (κ2) is 4.90. The third-order valence-corrected chi connectivity index (χ3v) is 3.04. The van der Waals surface area contributed by atoms with Crippen LogP contribution in [0.1, 0.15) is 26.7 Å². The second-order valence-corrected chi connectivity index (χ2v) is 4.80. The van der Waals surface area contributed by atoms with Crippen LogP contribution in [0.4, 0.5) is 0 Å². The molecule has 0 bridgehead atoms. The molecule has 1 amide bonds. The molecule has 4 nitrogen and oxygen atoms in total. The van der Waals surface area contributed by atoms with Gasteiger partial charge in [-0.05, 0) is 26.7 Å². The zero-order valence-corrected chi connectivity index (χ0v) is 10.0. The summed E-state index contributed by atoms with van der Waals surface area (Å²) in [6.07, 6.45) is 1.90. The second-order valence-electron chi connectivity index (χ2n) is 4.33. The molecule has 86 valence electrons. The lowest BCUT2D eigenvalue weighted by molar-refractivity contribution is -0.126. The minimum Gasteiger partial charge on any atom is -0.393 e. The summed E-state index contributed by atoms with van der Waals surface area (Å²) in [6.45, 7) is 5.03. The zero-order chi connectivity index (χ0) is 11.5. The van der Waals surface area contributed by atoms with Gasteiger partial charge in [-0.25, -0.2) is 0 Å². The first-order chi connectivity index (χ1) is 6.94. The Labute approximate surface area is 95.5 Å². The minimum atomic E-state index is -0.418. The van der Waals surface area contributed by atoms with Crippen LogP contribution in [0.3, 0.4) is 0 Å². The van der Waals surface area contributed by atoms with E-state index in [1.54, 1.807) is 6.92 Å². The van der Waals surface area contributed by atoms with Gasteiger partial charge in [-0.3, -0.25) is 4.79 Å². The fraction of sp³-hybridized carbons (Fsp3) is 0.800. The first-order valence-corrected chi connectivity index (χ1v) is 5.54. The molecule has 3 N–H and O–H groups in total. The van der Waals surface area contributed by atoms with Crippen molar-refractivity contribution in [2.24, 2.45) is 11.7 Å². The Morgan fingerprint density at radius 3 is 2.80 bits per heavy atom. The number of ether oxygens (including phenoxy) is 1. The van der Waals surface area contributed by atoms with Gasteiger partial charge in [-0.2, -0.15) is 0 Å². The molecule has 1 aliphatic heterocycles. The number of rotatable bonds is 3. The first kappa shape index (κ1) is 12.4. The summed E-state index contributed by atoms with van der Waals surface area (Å²) in [5.41, 5.74) is 5.16. The molecule has 0 aromatic carbocycles. The lowest BCUT2D eigenvalue weighted by atomic mass is 9.94. The molecule has 0 spiro atoms. The number of nitrogens with two attached hydrogens (primary N) is 1. The van der Waals surface area contributed by atoms with Gasteiger partial charge in [0.1, 0.15) is 0 Å². The van der Waals surface area contributed by atoms with E-state index < -0.39 is 5.92 Å². The number of thiocarbonyl (C=S) groups is 1. The Hall–Kier alpha value is -0.680. The van der Waals surface area contributed by atoms with Crippen LogP contribution in [0.15, 0.2) is 0 Å². The van der Waals surface area contributed by atoms with E-state index in [-0.39, 0.29) is 16.4 Å². The summed E-state index contributed by atoms with van der Waals surface area (Å²) >= 11 is 4.78. The standard InChI is InChI=1S/C10H18N2O2S/c1-7(8(11)15)9(13)12-10(2)4-3-5-14-6-10/h7H,3-6H2,1-2H3,(H2,11,15)(H,12,13). The maximum Gasteiger partial charge on any atom is 0.230 e. The Morgan fingerprint density at radius 1 is 1.67 bits per heavy atom. The van der Waals surface area contributed by atoms with Crippen LogP contribution in [-0.4, -0.2) is 29.6 Å². The molecule has 2 unspecified atom stereocenters. The Balaban J connectivity index is 2.52. The van der Waals surface area contributed by atoms with Crippen molar-refractivity contribution in [3.8, 4) is 0 Å². The van der Waals surface area contributed by atoms with Gasteiger partial charge in [0, 0.05) is 6.61 Å². The highest BCUT2D eigenvalue weighted by Gasteiger charge is 2.31. The van der Waals surface area contributed by atoms with E-state index >= 15 is 0 Å². The Morgan fingerprint density at radius 2 is 2.33 bits per heavy atom. The molecule has 1 fully saturated rings. The number of nitrogens with one attached hydrogen (secondary N) is 1. The predicted octanol–water partition coefficient (Wildman–Crippen LogP) is 0.594. The molecule has 1 rings (SSSR count). The van der Waals surface area contributed by atoms with E-state index in [1.807, 2.05) is 6.92 Å². The molecular weight excluding hydrogens is 212 g/mol. The summed E-state index contributed by atoms with van der Waals surface area (Å²) in [7, 11) is 0. The number of carbonyl (C=O) groups excluding carboxylic acids is 1. The Bertz CT molecular complexity index is 262. The molecule has 15 heavy (non-hydrogen) atoms. The molecule has 1 heterocycles. The SMILES string of the molecule is CC(C(=O)NC1(C)CCCOC1)C(N)=S. The molecule has 1 aliphatic rings. The summed E-state index contributed by atoms with van der Waals surface area (Å²) < 4.78 is 5.35. The molecule has 5 heteroatoms. The number of carbonyl (C=O) groups is 1. The molecule has 0 aliphatic carbocycles.